The Labute approximate surface area is 210 Å². The topological polar surface area (TPSA) is 68.9 Å². The lowest BCUT2D eigenvalue weighted by Crippen LogP contribution is -1.94. The zero-order valence-corrected chi connectivity index (χ0v) is 19.6. The fraction of sp³-hybridized carbons (Fsp3) is 0. The highest BCUT2D eigenvalue weighted by atomic mass is 15.0. The zero-order valence-electron chi connectivity index (χ0n) is 19.6. The van der Waals surface area contributed by atoms with Crippen LogP contribution < -0.4 is 0 Å². The molecule has 0 atom stereocenters. The van der Waals surface area contributed by atoms with E-state index in [1.165, 1.54) is 0 Å². The minimum absolute atomic E-state index is 0.813. The lowest BCUT2D eigenvalue weighted by molar-refractivity contribution is 1.21. The number of aromatic nitrogens is 6. The summed E-state index contributed by atoms with van der Waals surface area (Å²) in [4.78, 5) is 24.0. The monoisotopic (exact) mass is 474 g/mol. The molecule has 6 heterocycles. The summed E-state index contributed by atoms with van der Waals surface area (Å²) in [7, 11) is 0. The number of benzene rings is 2. The molecule has 172 valence electrons. The molecule has 6 nitrogen and oxygen atoms in total. The van der Waals surface area contributed by atoms with Crippen molar-refractivity contribution in [2.24, 2.45) is 0 Å². The Morgan fingerprint density at radius 1 is 0.595 bits per heavy atom. The third-order valence-electron chi connectivity index (χ3n) is 6.90. The fourth-order valence-corrected chi connectivity index (χ4v) is 5.15. The van der Waals surface area contributed by atoms with E-state index in [0.717, 1.165) is 71.9 Å². The third-order valence-corrected chi connectivity index (χ3v) is 6.90. The first-order chi connectivity index (χ1) is 18.3. The average molecular weight is 475 g/mol. The Morgan fingerprint density at radius 2 is 1.46 bits per heavy atom. The SMILES string of the molecule is c1ccc(-c2nc3ccccc3c3nc4ccc(-c5cnc6c(ccc7cccnc76)c5)cn4c23)nc1. The van der Waals surface area contributed by atoms with Crippen LogP contribution in [-0.2, 0) is 0 Å². The number of fused-ring (bicyclic) bond motifs is 8. The highest BCUT2D eigenvalue weighted by molar-refractivity contribution is 6.09. The van der Waals surface area contributed by atoms with Crippen LogP contribution in [0.2, 0.25) is 0 Å². The van der Waals surface area contributed by atoms with Gasteiger partial charge in [-0.25, -0.2) is 9.97 Å². The van der Waals surface area contributed by atoms with Crippen molar-refractivity contribution in [2.45, 2.75) is 0 Å². The molecule has 0 saturated heterocycles. The molecule has 0 radical (unpaired) electrons. The summed E-state index contributed by atoms with van der Waals surface area (Å²) >= 11 is 0. The largest absolute Gasteiger partial charge is 0.297 e. The smallest absolute Gasteiger partial charge is 0.138 e. The second kappa shape index (κ2) is 7.63. The van der Waals surface area contributed by atoms with Crippen LogP contribution in [0, 0.1) is 0 Å². The van der Waals surface area contributed by atoms with Gasteiger partial charge in [-0.1, -0.05) is 42.5 Å². The van der Waals surface area contributed by atoms with Gasteiger partial charge in [0.1, 0.15) is 22.4 Å². The van der Waals surface area contributed by atoms with Crippen molar-refractivity contribution >= 4 is 49.4 Å². The van der Waals surface area contributed by atoms with Gasteiger partial charge in [-0.3, -0.25) is 19.4 Å². The van der Waals surface area contributed by atoms with Crippen molar-refractivity contribution in [1.82, 2.24) is 29.3 Å². The molecule has 0 fully saturated rings. The van der Waals surface area contributed by atoms with Gasteiger partial charge < -0.3 is 0 Å². The summed E-state index contributed by atoms with van der Waals surface area (Å²) in [6.07, 6.45) is 7.65. The minimum atomic E-state index is 0.813. The molecule has 0 amide bonds. The van der Waals surface area contributed by atoms with Gasteiger partial charge in [-0.05, 0) is 42.5 Å². The number of nitrogens with zero attached hydrogens (tertiary/aromatic N) is 6. The molecule has 0 N–H and O–H groups in total. The summed E-state index contributed by atoms with van der Waals surface area (Å²) in [6, 6.07) is 28.6. The summed E-state index contributed by atoms with van der Waals surface area (Å²) in [5.41, 5.74) is 9.14. The predicted molar refractivity (Wildman–Crippen MR) is 147 cm³/mol. The zero-order chi connectivity index (χ0) is 24.3. The maximum atomic E-state index is 5.03. The summed E-state index contributed by atoms with van der Waals surface area (Å²) in [5.74, 6) is 0. The van der Waals surface area contributed by atoms with E-state index in [0.29, 0.717) is 0 Å². The third kappa shape index (κ3) is 3.02. The lowest BCUT2D eigenvalue weighted by Gasteiger charge is -2.08. The first kappa shape index (κ1) is 20.0. The van der Waals surface area contributed by atoms with Crippen LogP contribution in [0.4, 0.5) is 0 Å². The summed E-state index contributed by atoms with van der Waals surface area (Å²) in [6.45, 7) is 0. The van der Waals surface area contributed by atoms with Crippen molar-refractivity contribution in [2.75, 3.05) is 0 Å². The molecule has 0 spiro atoms. The molecule has 37 heavy (non-hydrogen) atoms. The molecular formula is C31H18N6. The van der Waals surface area contributed by atoms with Crippen LogP contribution in [0.5, 0.6) is 0 Å². The van der Waals surface area contributed by atoms with Gasteiger partial charge in [0.05, 0.1) is 22.2 Å². The van der Waals surface area contributed by atoms with Crippen LogP contribution in [0.1, 0.15) is 0 Å². The van der Waals surface area contributed by atoms with Gasteiger partial charge in [0.2, 0.25) is 0 Å². The van der Waals surface area contributed by atoms with Crippen LogP contribution >= 0.6 is 0 Å². The fourth-order valence-electron chi connectivity index (χ4n) is 5.15. The highest BCUT2D eigenvalue weighted by Gasteiger charge is 2.17. The normalized spacial score (nSPS) is 11.8. The maximum absolute atomic E-state index is 5.03. The summed E-state index contributed by atoms with van der Waals surface area (Å²) in [5, 5.41) is 3.17. The van der Waals surface area contributed by atoms with Crippen molar-refractivity contribution < 1.29 is 0 Å². The Kier molecular flexibility index (Phi) is 4.13. The first-order valence-corrected chi connectivity index (χ1v) is 12.1. The molecule has 8 aromatic rings. The van der Waals surface area contributed by atoms with Gasteiger partial charge in [0.25, 0.3) is 0 Å². The second-order valence-corrected chi connectivity index (χ2v) is 9.08. The number of rotatable bonds is 2. The first-order valence-electron chi connectivity index (χ1n) is 12.1. The molecule has 0 aliphatic carbocycles. The Hall–Kier alpha value is -5.23. The Morgan fingerprint density at radius 3 is 2.41 bits per heavy atom. The van der Waals surface area contributed by atoms with E-state index in [9.17, 15) is 0 Å². The number of para-hydroxylation sites is 1. The van der Waals surface area contributed by atoms with Crippen LogP contribution in [0.3, 0.4) is 0 Å². The molecule has 8 rings (SSSR count). The van der Waals surface area contributed by atoms with E-state index in [1.54, 1.807) is 6.20 Å². The van der Waals surface area contributed by atoms with Gasteiger partial charge >= 0.3 is 0 Å². The molecule has 0 aliphatic heterocycles. The lowest BCUT2D eigenvalue weighted by atomic mass is 10.1. The van der Waals surface area contributed by atoms with Gasteiger partial charge in [0, 0.05) is 52.1 Å². The molecule has 0 unspecified atom stereocenters. The highest BCUT2D eigenvalue weighted by Crippen LogP contribution is 2.34. The molecule has 2 aromatic carbocycles. The van der Waals surface area contributed by atoms with Gasteiger partial charge in [0.15, 0.2) is 0 Å². The predicted octanol–water partition coefficient (Wildman–Crippen LogP) is 6.86. The Bertz CT molecular complexity index is 2150. The van der Waals surface area contributed by atoms with E-state index in [1.807, 2.05) is 54.9 Å². The van der Waals surface area contributed by atoms with Crippen molar-refractivity contribution in [1.29, 1.82) is 0 Å². The molecule has 0 saturated carbocycles. The number of hydrogen-bond acceptors (Lipinski definition) is 5. The van der Waals surface area contributed by atoms with Gasteiger partial charge in [-0.15, -0.1) is 0 Å². The van der Waals surface area contributed by atoms with Gasteiger partial charge in [-0.2, -0.15) is 0 Å². The Balaban J connectivity index is 1.40. The van der Waals surface area contributed by atoms with Crippen molar-refractivity contribution in [3.63, 3.8) is 0 Å². The average Bonchev–Trinajstić information content (AvgIpc) is 3.36. The molecular weight excluding hydrogens is 456 g/mol. The molecule has 0 bridgehead atoms. The van der Waals surface area contributed by atoms with E-state index in [2.05, 4.69) is 63.0 Å². The molecule has 6 aromatic heterocycles. The molecule has 6 heteroatoms. The van der Waals surface area contributed by atoms with E-state index in [4.69, 9.17) is 15.0 Å². The summed E-state index contributed by atoms with van der Waals surface area (Å²) < 4.78 is 2.13. The van der Waals surface area contributed by atoms with Crippen LogP contribution in [0.15, 0.2) is 110 Å². The second-order valence-electron chi connectivity index (χ2n) is 9.08. The van der Waals surface area contributed by atoms with Crippen LogP contribution in [-0.4, -0.2) is 29.3 Å². The van der Waals surface area contributed by atoms with E-state index < -0.39 is 0 Å². The number of hydrogen-bond donors (Lipinski definition) is 0. The number of pyridine rings is 5. The van der Waals surface area contributed by atoms with E-state index in [-0.39, 0.29) is 0 Å². The van der Waals surface area contributed by atoms with E-state index >= 15 is 0 Å². The van der Waals surface area contributed by atoms with Crippen molar-refractivity contribution in [3.8, 4) is 22.5 Å². The van der Waals surface area contributed by atoms with Crippen LogP contribution in [0.25, 0.3) is 71.9 Å². The quantitative estimate of drug-likeness (QED) is 0.256. The molecule has 0 aliphatic rings. The standard InChI is InChI=1S/C31H18N6/c1-2-8-24-23(7-1)29-31(30(35-24)25-9-3-4-14-32-25)37-18-21(12-13-26(37)36-29)22-16-20-11-10-19-6-5-15-33-27(19)28(20)34-17-22/h1-18H. The van der Waals surface area contributed by atoms with Crippen molar-refractivity contribution in [3.05, 3.63) is 110 Å². The number of imidazole rings is 1. The minimum Gasteiger partial charge on any atom is -0.297 e. The maximum Gasteiger partial charge on any atom is 0.138 e.